The molecule has 0 N–H and O–H groups in total. The fourth-order valence-corrected chi connectivity index (χ4v) is 2.98. The van der Waals surface area contributed by atoms with Crippen LogP contribution in [0.4, 0.5) is 5.69 Å². The summed E-state index contributed by atoms with van der Waals surface area (Å²) < 4.78 is 0.866. The zero-order valence-electron chi connectivity index (χ0n) is 9.78. The van der Waals surface area contributed by atoms with Crippen LogP contribution in [0.1, 0.15) is 25.7 Å². The second-order valence-corrected chi connectivity index (χ2v) is 5.51. The van der Waals surface area contributed by atoms with Gasteiger partial charge in [-0.05, 0) is 43.9 Å². The lowest BCUT2D eigenvalue weighted by Crippen LogP contribution is -2.31. The minimum absolute atomic E-state index is 0.132. The summed E-state index contributed by atoms with van der Waals surface area (Å²) in [5.41, 5.74) is 2.10. The van der Waals surface area contributed by atoms with Crippen LogP contribution in [0, 0.1) is 0 Å². The third-order valence-corrected chi connectivity index (χ3v) is 3.95. The average molecular weight is 306 g/mol. The molecular formula is C14H12BrNO2. The number of halogens is 1. The molecular weight excluding hydrogens is 294 g/mol. The van der Waals surface area contributed by atoms with Gasteiger partial charge in [0.25, 0.3) is 11.8 Å². The number of amides is 2. The third-order valence-electron chi connectivity index (χ3n) is 3.46. The van der Waals surface area contributed by atoms with Gasteiger partial charge in [0.1, 0.15) is 0 Å². The van der Waals surface area contributed by atoms with Crippen molar-refractivity contribution in [2.45, 2.75) is 25.7 Å². The minimum Gasteiger partial charge on any atom is -0.269 e. The molecule has 18 heavy (non-hydrogen) atoms. The highest BCUT2D eigenvalue weighted by atomic mass is 79.9. The van der Waals surface area contributed by atoms with Gasteiger partial charge >= 0.3 is 0 Å². The van der Waals surface area contributed by atoms with Crippen molar-refractivity contribution in [3.63, 3.8) is 0 Å². The van der Waals surface area contributed by atoms with Gasteiger partial charge in [0, 0.05) is 15.6 Å². The number of nitrogens with zero attached hydrogens (tertiary/aromatic N) is 1. The van der Waals surface area contributed by atoms with Gasteiger partial charge in [0.2, 0.25) is 0 Å². The quantitative estimate of drug-likeness (QED) is 0.747. The first kappa shape index (κ1) is 11.7. The molecule has 4 heteroatoms. The van der Waals surface area contributed by atoms with Crippen LogP contribution < -0.4 is 4.90 Å². The number of imide groups is 1. The van der Waals surface area contributed by atoms with E-state index in [4.69, 9.17) is 0 Å². The van der Waals surface area contributed by atoms with Crippen LogP contribution in [0.5, 0.6) is 0 Å². The van der Waals surface area contributed by atoms with E-state index in [2.05, 4.69) is 15.9 Å². The van der Waals surface area contributed by atoms with Crippen LogP contribution in [0.3, 0.4) is 0 Å². The van der Waals surface area contributed by atoms with Crippen LogP contribution in [0.15, 0.2) is 39.9 Å². The molecule has 1 aromatic carbocycles. The molecule has 1 aliphatic carbocycles. The summed E-state index contributed by atoms with van der Waals surface area (Å²) in [6, 6.07) is 7.30. The van der Waals surface area contributed by atoms with Crippen molar-refractivity contribution in [2.24, 2.45) is 0 Å². The van der Waals surface area contributed by atoms with Crippen LogP contribution in [-0.2, 0) is 9.59 Å². The predicted molar refractivity (Wildman–Crippen MR) is 72.1 cm³/mol. The third kappa shape index (κ3) is 1.72. The second kappa shape index (κ2) is 4.35. The zero-order chi connectivity index (χ0) is 12.7. The Morgan fingerprint density at radius 1 is 1.00 bits per heavy atom. The summed E-state index contributed by atoms with van der Waals surface area (Å²) in [7, 11) is 0. The summed E-state index contributed by atoms with van der Waals surface area (Å²) in [6.07, 6.45) is 3.49. The van der Waals surface area contributed by atoms with Gasteiger partial charge in [0.15, 0.2) is 0 Å². The van der Waals surface area contributed by atoms with Crippen molar-refractivity contribution in [3.05, 3.63) is 39.9 Å². The summed E-state index contributed by atoms with van der Waals surface area (Å²) in [6.45, 7) is 0. The topological polar surface area (TPSA) is 37.4 Å². The van der Waals surface area contributed by atoms with Crippen molar-refractivity contribution in [2.75, 3.05) is 4.90 Å². The van der Waals surface area contributed by atoms with Gasteiger partial charge in [0.05, 0.1) is 5.69 Å². The molecule has 1 heterocycles. The largest absolute Gasteiger partial charge is 0.269 e. The van der Waals surface area contributed by atoms with Gasteiger partial charge in [-0.3, -0.25) is 9.59 Å². The van der Waals surface area contributed by atoms with E-state index in [0.717, 1.165) is 41.3 Å². The van der Waals surface area contributed by atoms with Crippen molar-refractivity contribution >= 4 is 33.4 Å². The number of anilines is 1. The molecule has 3 nitrogen and oxygen atoms in total. The monoisotopic (exact) mass is 305 g/mol. The van der Waals surface area contributed by atoms with Gasteiger partial charge in [-0.15, -0.1) is 0 Å². The molecule has 2 amide bonds. The van der Waals surface area contributed by atoms with Crippen molar-refractivity contribution in [1.29, 1.82) is 0 Å². The molecule has 0 spiro atoms. The van der Waals surface area contributed by atoms with Crippen LogP contribution >= 0.6 is 15.9 Å². The fourth-order valence-electron chi connectivity index (χ4n) is 2.59. The molecule has 1 aliphatic heterocycles. The number of carbonyl (C=O) groups is 2. The molecule has 0 aromatic heterocycles. The van der Waals surface area contributed by atoms with Gasteiger partial charge in [-0.2, -0.15) is 0 Å². The van der Waals surface area contributed by atoms with Gasteiger partial charge in [-0.1, -0.05) is 22.0 Å². The maximum absolute atomic E-state index is 12.3. The van der Waals surface area contributed by atoms with Crippen molar-refractivity contribution in [3.8, 4) is 0 Å². The van der Waals surface area contributed by atoms with E-state index < -0.39 is 0 Å². The SMILES string of the molecule is O=C1C2=C(CCCC2)C(=O)N1c1cccc(Br)c1. The second-order valence-electron chi connectivity index (χ2n) is 4.59. The summed E-state index contributed by atoms with van der Waals surface area (Å²) in [5, 5.41) is 0. The molecule has 2 aliphatic rings. The molecule has 92 valence electrons. The normalized spacial score (nSPS) is 19.5. The predicted octanol–water partition coefficient (Wildman–Crippen LogP) is 3.19. The minimum atomic E-state index is -0.132. The van der Waals surface area contributed by atoms with E-state index in [9.17, 15) is 9.59 Å². The van der Waals surface area contributed by atoms with Crippen molar-refractivity contribution < 1.29 is 9.59 Å². The Labute approximate surface area is 114 Å². The van der Waals surface area contributed by atoms with Crippen LogP contribution in [0.2, 0.25) is 0 Å². The maximum atomic E-state index is 12.3. The molecule has 0 atom stereocenters. The molecule has 0 saturated carbocycles. The average Bonchev–Trinajstić information content (AvgIpc) is 2.63. The fraction of sp³-hybridized carbons (Fsp3) is 0.286. The van der Waals surface area contributed by atoms with Gasteiger partial charge in [-0.25, -0.2) is 4.90 Å². The number of carbonyl (C=O) groups excluding carboxylic acids is 2. The first-order valence-electron chi connectivity index (χ1n) is 6.05. The molecule has 3 rings (SSSR count). The Bertz CT molecular complexity index is 549. The Kier molecular flexibility index (Phi) is 2.82. The van der Waals surface area contributed by atoms with E-state index in [-0.39, 0.29) is 11.8 Å². The van der Waals surface area contributed by atoms with E-state index in [1.165, 1.54) is 4.90 Å². The lowest BCUT2D eigenvalue weighted by molar-refractivity contribution is -0.120. The van der Waals surface area contributed by atoms with Crippen LogP contribution in [0.25, 0.3) is 0 Å². The molecule has 0 fully saturated rings. The Morgan fingerprint density at radius 2 is 1.61 bits per heavy atom. The van der Waals surface area contributed by atoms with E-state index in [0.29, 0.717) is 5.69 Å². The van der Waals surface area contributed by atoms with Crippen molar-refractivity contribution in [1.82, 2.24) is 0 Å². The van der Waals surface area contributed by atoms with Crippen LogP contribution in [-0.4, -0.2) is 11.8 Å². The Morgan fingerprint density at radius 3 is 2.17 bits per heavy atom. The number of hydrogen-bond donors (Lipinski definition) is 0. The first-order chi connectivity index (χ1) is 8.68. The summed E-state index contributed by atoms with van der Waals surface area (Å²) >= 11 is 3.36. The molecule has 0 radical (unpaired) electrons. The first-order valence-corrected chi connectivity index (χ1v) is 6.84. The summed E-state index contributed by atoms with van der Waals surface area (Å²) in [4.78, 5) is 25.9. The highest BCUT2D eigenvalue weighted by Gasteiger charge is 2.39. The molecule has 0 saturated heterocycles. The highest BCUT2D eigenvalue weighted by molar-refractivity contribution is 9.10. The molecule has 1 aromatic rings. The zero-order valence-corrected chi connectivity index (χ0v) is 11.4. The number of hydrogen-bond acceptors (Lipinski definition) is 2. The van der Waals surface area contributed by atoms with E-state index in [1.54, 1.807) is 12.1 Å². The van der Waals surface area contributed by atoms with Gasteiger partial charge < -0.3 is 0 Å². The van der Waals surface area contributed by atoms with E-state index >= 15 is 0 Å². The number of benzene rings is 1. The number of rotatable bonds is 1. The summed E-state index contributed by atoms with van der Waals surface area (Å²) in [5.74, 6) is -0.263. The standard InChI is InChI=1S/C14H12BrNO2/c15-9-4-3-5-10(8-9)16-13(17)11-6-1-2-7-12(11)14(16)18/h3-5,8H,1-2,6-7H2. The molecule has 0 unspecified atom stereocenters. The lowest BCUT2D eigenvalue weighted by Gasteiger charge is -2.15. The lowest BCUT2D eigenvalue weighted by atomic mass is 9.93. The Hall–Kier alpha value is -1.42. The Balaban J connectivity index is 2.02. The smallest absolute Gasteiger partial charge is 0.261 e. The maximum Gasteiger partial charge on any atom is 0.261 e. The van der Waals surface area contributed by atoms with E-state index in [1.807, 2.05) is 12.1 Å². The highest BCUT2D eigenvalue weighted by Crippen LogP contribution is 2.36. The molecule has 0 bridgehead atoms.